The van der Waals surface area contributed by atoms with Gasteiger partial charge in [0.05, 0.1) is 16.9 Å². The Morgan fingerprint density at radius 1 is 1.05 bits per heavy atom. The maximum atomic E-state index is 4.75. The van der Waals surface area contributed by atoms with Crippen LogP contribution in [0.1, 0.15) is 5.56 Å². The zero-order chi connectivity index (χ0) is 13.9. The van der Waals surface area contributed by atoms with Gasteiger partial charge >= 0.3 is 0 Å². The molecule has 2 aliphatic rings. The third-order valence-electron chi connectivity index (χ3n) is 3.87. The third-order valence-corrected chi connectivity index (χ3v) is 4.37. The van der Waals surface area contributed by atoms with E-state index in [1.165, 1.54) is 27.5 Å². The monoisotopic (exact) mass is 360 g/mol. The highest BCUT2D eigenvalue weighted by Crippen LogP contribution is 2.35. The Morgan fingerprint density at radius 2 is 1.86 bits per heavy atom. The van der Waals surface area contributed by atoms with Crippen molar-refractivity contribution in [2.75, 3.05) is 0 Å². The maximum absolute atomic E-state index is 4.75. The highest BCUT2D eigenvalue weighted by Gasteiger charge is 2.16. The summed E-state index contributed by atoms with van der Waals surface area (Å²) in [5.41, 5.74) is 5.81. The molecule has 2 heterocycles. The minimum atomic E-state index is 0. The van der Waals surface area contributed by atoms with E-state index in [1.54, 1.807) is 0 Å². The van der Waals surface area contributed by atoms with Crippen molar-refractivity contribution >= 4 is 50.1 Å². The van der Waals surface area contributed by atoms with Crippen LogP contribution in [0.15, 0.2) is 46.9 Å². The molecular formula is C17H14BrClN2. The molecule has 0 radical (unpaired) electrons. The first-order valence-corrected chi connectivity index (χ1v) is 7.38. The molecule has 2 nitrogen and oxygen atoms in total. The first kappa shape index (κ1) is 14.4. The normalized spacial score (nSPS) is 11.2. The number of nitrogens with zero attached hydrogens (tertiary/aromatic N) is 2. The van der Waals surface area contributed by atoms with E-state index in [-0.39, 0.29) is 12.4 Å². The van der Waals surface area contributed by atoms with Crippen LogP contribution in [0.25, 0.3) is 33.2 Å². The number of hydrogen-bond donors (Lipinski definition) is 0. The van der Waals surface area contributed by atoms with Gasteiger partial charge in [-0.1, -0.05) is 28.1 Å². The van der Waals surface area contributed by atoms with Gasteiger partial charge in [0.2, 0.25) is 0 Å². The molecule has 4 rings (SSSR count). The smallest absolute Gasteiger partial charge is 0.0887 e. The minimum Gasteiger partial charge on any atom is -0.342 e. The zero-order valence-corrected chi connectivity index (χ0v) is 14.1. The summed E-state index contributed by atoms with van der Waals surface area (Å²) in [6, 6.07) is 15.0. The predicted molar refractivity (Wildman–Crippen MR) is 94.5 cm³/mol. The molecule has 0 amide bonds. The van der Waals surface area contributed by atoms with Gasteiger partial charge in [0.25, 0.3) is 0 Å². The second kappa shape index (κ2) is 5.00. The molecule has 21 heavy (non-hydrogen) atoms. The van der Waals surface area contributed by atoms with E-state index >= 15 is 0 Å². The molecule has 106 valence electrons. The van der Waals surface area contributed by atoms with Crippen LogP contribution < -0.4 is 0 Å². The van der Waals surface area contributed by atoms with Crippen LogP contribution in [-0.2, 0) is 7.05 Å². The Kier molecular flexibility index (Phi) is 3.42. The van der Waals surface area contributed by atoms with Gasteiger partial charge in [-0.3, -0.25) is 0 Å². The van der Waals surface area contributed by atoms with Crippen molar-refractivity contribution in [2.24, 2.45) is 7.05 Å². The van der Waals surface area contributed by atoms with Gasteiger partial charge in [-0.25, -0.2) is 4.98 Å². The summed E-state index contributed by atoms with van der Waals surface area (Å²) in [5.74, 6) is 0. The van der Waals surface area contributed by atoms with Crippen LogP contribution in [-0.4, -0.2) is 9.55 Å². The quantitative estimate of drug-likeness (QED) is 0.414. The second-order valence-corrected chi connectivity index (χ2v) is 6.19. The Hall–Kier alpha value is -1.58. The first-order chi connectivity index (χ1) is 9.63. The van der Waals surface area contributed by atoms with Crippen LogP contribution >= 0.6 is 28.3 Å². The summed E-state index contributed by atoms with van der Waals surface area (Å²) in [6.45, 7) is 2.13. The summed E-state index contributed by atoms with van der Waals surface area (Å²) in [7, 11) is 2.12. The van der Waals surface area contributed by atoms with Crippen molar-refractivity contribution in [1.29, 1.82) is 0 Å². The second-order valence-electron chi connectivity index (χ2n) is 5.27. The fourth-order valence-corrected chi connectivity index (χ4v) is 3.26. The van der Waals surface area contributed by atoms with Gasteiger partial charge in [-0.05, 0) is 42.8 Å². The number of aryl methyl sites for hydroxylation is 2. The van der Waals surface area contributed by atoms with Crippen molar-refractivity contribution in [2.45, 2.75) is 6.92 Å². The molecule has 4 heteroatoms. The van der Waals surface area contributed by atoms with E-state index in [1.807, 2.05) is 6.07 Å². The molecule has 0 atom stereocenters. The number of fused-ring (bicyclic) bond motifs is 4. The Balaban J connectivity index is 0.00000132. The van der Waals surface area contributed by atoms with E-state index in [0.29, 0.717) is 0 Å². The van der Waals surface area contributed by atoms with Crippen LogP contribution in [0.5, 0.6) is 0 Å². The molecule has 2 aromatic rings. The number of aromatic nitrogens is 2. The maximum Gasteiger partial charge on any atom is 0.0887 e. The Morgan fingerprint density at radius 3 is 2.67 bits per heavy atom. The van der Waals surface area contributed by atoms with Crippen molar-refractivity contribution in [1.82, 2.24) is 9.55 Å². The number of hydrogen-bond acceptors (Lipinski definition) is 1. The topological polar surface area (TPSA) is 17.8 Å². The molecule has 2 aliphatic heterocycles. The van der Waals surface area contributed by atoms with Gasteiger partial charge in [0.1, 0.15) is 0 Å². The number of rotatable bonds is 0. The van der Waals surface area contributed by atoms with Crippen molar-refractivity contribution < 1.29 is 0 Å². The summed E-state index contributed by atoms with van der Waals surface area (Å²) < 4.78 is 3.34. The molecule has 0 fully saturated rings. The van der Waals surface area contributed by atoms with Crippen molar-refractivity contribution in [3.63, 3.8) is 0 Å². The van der Waals surface area contributed by atoms with Crippen LogP contribution in [0, 0.1) is 6.92 Å². The first-order valence-electron chi connectivity index (χ1n) is 6.58. The molecule has 0 aromatic heterocycles. The number of pyridine rings is 1. The molecule has 0 N–H and O–H groups in total. The highest BCUT2D eigenvalue weighted by atomic mass is 79.9. The molecule has 0 saturated carbocycles. The van der Waals surface area contributed by atoms with E-state index in [4.69, 9.17) is 4.98 Å². The lowest BCUT2D eigenvalue weighted by atomic mass is 10.1. The van der Waals surface area contributed by atoms with Gasteiger partial charge in [0, 0.05) is 27.8 Å². The molecular weight excluding hydrogens is 348 g/mol. The zero-order valence-electron chi connectivity index (χ0n) is 11.7. The predicted octanol–water partition coefficient (Wildman–Crippen LogP) is 5.32. The van der Waals surface area contributed by atoms with Gasteiger partial charge < -0.3 is 4.57 Å². The average molecular weight is 362 g/mol. The van der Waals surface area contributed by atoms with E-state index in [0.717, 1.165) is 15.7 Å². The minimum absolute atomic E-state index is 0. The van der Waals surface area contributed by atoms with Crippen LogP contribution in [0.3, 0.4) is 0 Å². The summed E-state index contributed by atoms with van der Waals surface area (Å²) in [6.07, 6.45) is 0. The number of benzene rings is 2. The largest absolute Gasteiger partial charge is 0.342 e. The fourth-order valence-electron chi connectivity index (χ4n) is 2.90. The Labute approximate surface area is 137 Å². The lowest BCUT2D eigenvalue weighted by molar-refractivity contribution is 0.966. The lowest BCUT2D eigenvalue weighted by Gasteiger charge is -2.12. The van der Waals surface area contributed by atoms with Crippen LogP contribution in [0.4, 0.5) is 0 Å². The molecule has 0 bridgehead atoms. The van der Waals surface area contributed by atoms with Crippen LogP contribution in [0.2, 0.25) is 0 Å². The van der Waals surface area contributed by atoms with Gasteiger partial charge in [-0.2, -0.15) is 0 Å². The van der Waals surface area contributed by atoms with E-state index < -0.39 is 0 Å². The highest BCUT2D eigenvalue weighted by molar-refractivity contribution is 9.10. The SMILES string of the molecule is Cc1ccc2cc3nc4ccc(Br)cc4c-3n(C)c2c1.Cl. The fraction of sp³-hybridized carbons (Fsp3) is 0.118. The molecule has 0 spiro atoms. The van der Waals surface area contributed by atoms with Crippen molar-refractivity contribution in [3.8, 4) is 11.4 Å². The van der Waals surface area contributed by atoms with Gasteiger partial charge in [0.15, 0.2) is 0 Å². The van der Waals surface area contributed by atoms with Crippen molar-refractivity contribution in [3.05, 3.63) is 52.5 Å². The third kappa shape index (κ3) is 2.12. The standard InChI is InChI=1S/C17H13BrN2.ClH/c1-10-3-4-11-8-15-17(20(2)16(11)7-10)13-9-12(18)5-6-14(13)19-15;/h3-9H,1-2H3;1H. The summed E-state index contributed by atoms with van der Waals surface area (Å²) in [5, 5.41) is 2.42. The Bertz CT molecular complexity index is 943. The molecule has 0 unspecified atom stereocenters. The molecule has 2 aromatic carbocycles. The van der Waals surface area contributed by atoms with E-state index in [2.05, 4.69) is 70.9 Å². The molecule has 0 saturated heterocycles. The average Bonchev–Trinajstić information content (AvgIpc) is 2.77. The van der Waals surface area contributed by atoms with E-state index in [9.17, 15) is 0 Å². The number of halogens is 2. The molecule has 0 aliphatic carbocycles. The summed E-state index contributed by atoms with van der Waals surface area (Å²) >= 11 is 3.55. The van der Waals surface area contributed by atoms with Gasteiger partial charge in [-0.15, -0.1) is 12.4 Å². The lowest BCUT2D eigenvalue weighted by Crippen LogP contribution is -1.99. The summed E-state index contributed by atoms with van der Waals surface area (Å²) in [4.78, 5) is 4.75.